The Morgan fingerprint density at radius 2 is 2.17 bits per heavy atom. The Hall–Kier alpha value is -1.10. The molecule has 0 atom stereocenters. The third kappa shape index (κ3) is 4.29. The Balaban J connectivity index is 2.48. The van der Waals surface area contributed by atoms with Gasteiger partial charge in [0.2, 0.25) is 5.91 Å². The van der Waals surface area contributed by atoms with Gasteiger partial charge in [0.15, 0.2) is 0 Å². The zero-order valence-electron chi connectivity index (χ0n) is 11.3. The molecule has 1 rings (SSSR count). The molecule has 0 fully saturated rings. The van der Waals surface area contributed by atoms with Gasteiger partial charge in [-0.05, 0) is 35.0 Å². The number of likely N-dealkylation sites (N-methyl/N-ethyl adjacent to an activating group) is 1. The van der Waals surface area contributed by atoms with Gasteiger partial charge in [-0.15, -0.1) is 0 Å². The van der Waals surface area contributed by atoms with E-state index in [-0.39, 0.29) is 11.8 Å². The summed E-state index contributed by atoms with van der Waals surface area (Å²) in [6.45, 7) is 7.11. The van der Waals surface area contributed by atoms with Crippen molar-refractivity contribution < 1.29 is 4.79 Å². The molecule has 0 aliphatic rings. The summed E-state index contributed by atoms with van der Waals surface area (Å²) in [5.41, 5.74) is 0.963. The molecular formula is C13H20BrN3O. The molecule has 0 aliphatic carbocycles. The van der Waals surface area contributed by atoms with Crippen LogP contribution in [-0.2, 0) is 4.79 Å². The second-order valence-electron chi connectivity index (χ2n) is 4.60. The number of amides is 1. The number of aryl methyl sites for hydroxylation is 1. The average molecular weight is 314 g/mol. The first-order valence-corrected chi connectivity index (χ1v) is 6.83. The van der Waals surface area contributed by atoms with Crippen LogP contribution in [0.3, 0.4) is 0 Å². The van der Waals surface area contributed by atoms with E-state index in [2.05, 4.69) is 26.2 Å². The maximum atomic E-state index is 11.4. The van der Waals surface area contributed by atoms with Crippen LogP contribution in [0.2, 0.25) is 0 Å². The van der Waals surface area contributed by atoms with E-state index < -0.39 is 0 Å². The van der Waals surface area contributed by atoms with Gasteiger partial charge in [-0.25, -0.2) is 4.98 Å². The van der Waals surface area contributed by atoms with Crippen molar-refractivity contribution in [3.8, 4) is 0 Å². The Labute approximate surface area is 117 Å². The number of halogens is 1. The van der Waals surface area contributed by atoms with Gasteiger partial charge < -0.3 is 10.2 Å². The number of rotatable bonds is 5. The first-order valence-electron chi connectivity index (χ1n) is 6.03. The molecule has 0 spiro atoms. The van der Waals surface area contributed by atoms with Crippen LogP contribution in [-0.4, -0.2) is 31.0 Å². The number of nitrogens with one attached hydrogen (secondary N) is 1. The lowest BCUT2D eigenvalue weighted by Gasteiger charge is -2.19. The van der Waals surface area contributed by atoms with Gasteiger partial charge in [0.05, 0.1) is 5.69 Å². The topological polar surface area (TPSA) is 45.2 Å². The van der Waals surface area contributed by atoms with Crippen molar-refractivity contribution in [2.75, 3.05) is 25.0 Å². The van der Waals surface area contributed by atoms with Gasteiger partial charge in [0.25, 0.3) is 0 Å². The molecule has 1 aromatic rings. The summed E-state index contributed by atoms with van der Waals surface area (Å²) in [5, 5.41) is 2.89. The van der Waals surface area contributed by atoms with Crippen LogP contribution in [0.4, 0.5) is 5.82 Å². The predicted molar refractivity (Wildman–Crippen MR) is 77.8 cm³/mol. The molecule has 1 heterocycles. The van der Waals surface area contributed by atoms with Gasteiger partial charge in [-0.2, -0.15) is 0 Å². The third-order valence-corrected chi connectivity index (χ3v) is 3.51. The average Bonchev–Trinajstić information content (AvgIpc) is 2.32. The van der Waals surface area contributed by atoms with Crippen LogP contribution >= 0.6 is 15.9 Å². The molecule has 0 bridgehead atoms. The fourth-order valence-corrected chi connectivity index (χ4v) is 1.63. The van der Waals surface area contributed by atoms with E-state index in [9.17, 15) is 4.79 Å². The monoisotopic (exact) mass is 313 g/mol. The number of nitrogens with zero attached hydrogens (tertiary/aromatic N) is 2. The number of anilines is 1. The second-order valence-corrected chi connectivity index (χ2v) is 5.46. The zero-order valence-corrected chi connectivity index (χ0v) is 12.9. The van der Waals surface area contributed by atoms with Crippen LogP contribution in [0, 0.1) is 12.8 Å². The lowest BCUT2D eigenvalue weighted by molar-refractivity contribution is -0.123. The molecule has 5 heteroatoms. The van der Waals surface area contributed by atoms with Crippen molar-refractivity contribution in [2.45, 2.75) is 20.8 Å². The molecule has 0 aliphatic heterocycles. The molecule has 1 N–H and O–H groups in total. The molecule has 18 heavy (non-hydrogen) atoms. The normalized spacial score (nSPS) is 10.6. The molecular weight excluding hydrogens is 294 g/mol. The minimum atomic E-state index is 0.0309. The summed E-state index contributed by atoms with van der Waals surface area (Å²) in [6, 6.07) is 3.95. The molecule has 0 aromatic carbocycles. The van der Waals surface area contributed by atoms with Crippen molar-refractivity contribution in [2.24, 2.45) is 5.92 Å². The number of hydrogen-bond acceptors (Lipinski definition) is 3. The lowest BCUT2D eigenvalue weighted by Crippen LogP contribution is -2.35. The van der Waals surface area contributed by atoms with Crippen LogP contribution < -0.4 is 10.2 Å². The Morgan fingerprint density at radius 1 is 1.50 bits per heavy atom. The molecule has 0 saturated heterocycles. The summed E-state index contributed by atoms with van der Waals surface area (Å²) < 4.78 is 1.01. The van der Waals surface area contributed by atoms with E-state index in [4.69, 9.17) is 0 Å². The second kappa shape index (κ2) is 6.73. The molecule has 1 aromatic heterocycles. The summed E-state index contributed by atoms with van der Waals surface area (Å²) >= 11 is 3.43. The Kier molecular flexibility index (Phi) is 5.59. The van der Waals surface area contributed by atoms with Gasteiger partial charge in [-0.3, -0.25) is 4.79 Å². The minimum Gasteiger partial charge on any atom is -0.358 e. The molecule has 1 amide bonds. The highest BCUT2D eigenvalue weighted by Crippen LogP contribution is 2.17. The smallest absolute Gasteiger partial charge is 0.222 e. The molecule has 100 valence electrons. The standard InChI is InChI=1S/C13H20BrN3O/c1-9(2)13(18)15-7-8-17(4)12-6-5-11(14)10(3)16-12/h5-6,9H,7-8H2,1-4H3,(H,15,18). The van der Waals surface area contributed by atoms with Gasteiger partial charge >= 0.3 is 0 Å². The Morgan fingerprint density at radius 3 is 2.72 bits per heavy atom. The first-order chi connectivity index (χ1) is 8.41. The maximum absolute atomic E-state index is 11.4. The van der Waals surface area contributed by atoms with Crippen molar-refractivity contribution >= 4 is 27.7 Å². The summed E-state index contributed by atoms with van der Waals surface area (Å²) in [5.74, 6) is 1.03. The van der Waals surface area contributed by atoms with Crippen molar-refractivity contribution in [3.05, 3.63) is 22.3 Å². The van der Waals surface area contributed by atoms with E-state index in [0.717, 1.165) is 22.5 Å². The highest BCUT2D eigenvalue weighted by molar-refractivity contribution is 9.10. The zero-order chi connectivity index (χ0) is 13.7. The molecule has 4 nitrogen and oxygen atoms in total. The SMILES string of the molecule is Cc1nc(N(C)CCNC(=O)C(C)C)ccc1Br. The van der Waals surface area contributed by atoms with Crippen LogP contribution in [0.25, 0.3) is 0 Å². The van der Waals surface area contributed by atoms with Crippen LogP contribution in [0.5, 0.6) is 0 Å². The Bertz CT molecular complexity index is 421. The third-order valence-electron chi connectivity index (χ3n) is 2.67. The van der Waals surface area contributed by atoms with Gasteiger partial charge in [-0.1, -0.05) is 13.8 Å². The molecule has 0 unspecified atom stereocenters. The number of aromatic nitrogens is 1. The van der Waals surface area contributed by atoms with Gasteiger partial charge in [0.1, 0.15) is 5.82 Å². The van der Waals surface area contributed by atoms with Crippen molar-refractivity contribution in [3.63, 3.8) is 0 Å². The number of pyridine rings is 1. The fraction of sp³-hybridized carbons (Fsp3) is 0.538. The number of hydrogen-bond donors (Lipinski definition) is 1. The van der Waals surface area contributed by atoms with Crippen molar-refractivity contribution in [1.82, 2.24) is 10.3 Å². The van der Waals surface area contributed by atoms with Crippen LogP contribution in [0.1, 0.15) is 19.5 Å². The summed E-state index contributed by atoms with van der Waals surface area (Å²) in [7, 11) is 1.97. The van der Waals surface area contributed by atoms with E-state index >= 15 is 0 Å². The first kappa shape index (κ1) is 15.0. The molecule has 0 radical (unpaired) electrons. The number of carbonyl (C=O) groups excluding carboxylic acids is 1. The minimum absolute atomic E-state index is 0.0309. The van der Waals surface area contributed by atoms with Crippen molar-refractivity contribution in [1.29, 1.82) is 0 Å². The largest absolute Gasteiger partial charge is 0.358 e. The summed E-state index contributed by atoms with van der Waals surface area (Å²) in [6.07, 6.45) is 0. The summed E-state index contributed by atoms with van der Waals surface area (Å²) in [4.78, 5) is 17.9. The van der Waals surface area contributed by atoms with Gasteiger partial charge in [0, 0.05) is 30.5 Å². The van der Waals surface area contributed by atoms with E-state index in [0.29, 0.717) is 6.54 Å². The maximum Gasteiger partial charge on any atom is 0.222 e. The van der Waals surface area contributed by atoms with E-state index in [1.165, 1.54) is 0 Å². The quantitative estimate of drug-likeness (QED) is 0.907. The number of carbonyl (C=O) groups is 1. The highest BCUT2D eigenvalue weighted by atomic mass is 79.9. The van der Waals surface area contributed by atoms with E-state index in [1.807, 2.05) is 44.9 Å². The lowest BCUT2D eigenvalue weighted by atomic mass is 10.2. The fourth-order valence-electron chi connectivity index (χ4n) is 1.41. The highest BCUT2D eigenvalue weighted by Gasteiger charge is 2.07. The van der Waals surface area contributed by atoms with Crippen LogP contribution in [0.15, 0.2) is 16.6 Å². The predicted octanol–water partition coefficient (Wildman–Crippen LogP) is 2.36. The molecule has 0 saturated carbocycles. The van der Waals surface area contributed by atoms with E-state index in [1.54, 1.807) is 0 Å².